The largest absolute Gasteiger partial charge is 0.496 e. The number of methoxy groups -OCH3 is 2. The molecule has 0 radical (unpaired) electrons. The first-order valence-corrected chi connectivity index (χ1v) is 17.0. The summed E-state index contributed by atoms with van der Waals surface area (Å²) in [6.07, 6.45) is 4.67. The SMILES string of the molecule is COc1cc(-c2nc(NC(=O)c3cc4ccccc4n3CCCCC(=O)OOC(=O)C(F)(F)F)ncc2CCC2CCCCC2)c(OC)cc1C. The highest BCUT2D eigenvalue weighted by atomic mass is 19.4. The number of rotatable bonds is 13. The fraction of sp³-hybridized carbons (Fsp3) is 0.432. The second-order valence-corrected chi connectivity index (χ2v) is 12.6. The molecular formula is C37H41F3N4O7. The molecule has 0 saturated heterocycles. The molecule has 11 nitrogen and oxygen atoms in total. The highest BCUT2D eigenvalue weighted by molar-refractivity contribution is 6.05. The van der Waals surface area contributed by atoms with Crippen molar-refractivity contribution in [1.82, 2.24) is 14.5 Å². The standard InChI is InChI=1S/C37H41F3N4O7/c1-23-19-31(49-3)27(21-30(23)48-2)33-26(17-16-24-11-5-4-6-12-24)22-41-36(42-33)43-34(46)29-20-25-13-7-8-14-28(25)44(29)18-10-9-15-32(45)50-51-35(47)37(38,39)40/h7-8,13-14,19-22,24H,4-6,9-12,15-18H2,1-3H3,(H,41,42,43,46). The van der Waals surface area contributed by atoms with E-state index in [9.17, 15) is 27.6 Å². The van der Waals surface area contributed by atoms with Gasteiger partial charge in [0.2, 0.25) is 5.95 Å². The van der Waals surface area contributed by atoms with E-state index >= 15 is 0 Å². The Morgan fingerprint density at radius 2 is 1.71 bits per heavy atom. The molecule has 1 aliphatic rings. The van der Waals surface area contributed by atoms with E-state index in [0.717, 1.165) is 40.4 Å². The van der Waals surface area contributed by atoms with Gasteiger partial charge in [-0.15, -0.1) is 0 Å². The molecule has 5 rings (SSSR count). The van der Waals surface area contributed by atoms with E-state index in [2.05, 4.69) is 20.1 Å². The van der Waals surface area contributed by atoms with Crippen molar-refractivity contribution in [3.8, 4) is 22.8 Å². The second-order valence-electron chi connectivity index (χ2n) is 12.6. The number of hydrogen-bond donors (Lipinski definition) is 1. The van der Waals surface area contributed by atoms with Gasteiger partial charge in [0.1, 0.15) is 17.2 Å². The molecule has 1 N–H and O–H groups in total. The van der Waals surface area contributed by atoms with Gasteiger partial charge in [-0.1, -0.05) is 50.3 Å². The van der Waals surface area contributed by atoms with E-state index < -0.39 is 24.0 Å². The maximum atomic E-state index is 13.8. The zero-order chi connectivity index (χ0) is 36.5. The lowest BCUT2D eigenvalue weighted by Gasteiger charge is -2.22. The van der Waals surface area contributed by atoms with Crippen LogP contribution in [0.25, 0.3) is 22.2 Å². The molecule has 272 valence electrons. The molecule has 0 spiro atoms. The zero-order valence-electron chi connectivity index (χ0n) is 28.8. The van der Waals surface area contributed by atoms with E-state index in [0.29, 0.717) is 41.8 Å². The summed E-state index contributed by atoms with van der Waals surface area (Å²) in [5.74, 6) is -2.17. The summed E-state index contributed by atoms with van der Waals surface area (Å²) < 4.78 is 50.1. The summed E-state index contributed by atoms with van der Waals surface area (Å²) in [5.41, 5.74) is 4.28. The number of benzene rings is 2. The first-order valence-electron chi connectivity index (χ1n) is 17.0. The van der Waals surface area contributed by atoms with Gasteiger partial charge in [-0.2, -0.15) is 13.2 Å². The predicted octanol–water partition coefficient (Wildman–Crippen LogP) is 7.92. The summed E-state index contributed by atoms with van der Waals surface area (Å²) in [6, 6.07) is 12.9. The Labute approximate surface area is 293 Å². The van der Waals surface area contributed by atoms with E-state index in [1.807, 2.05) is 43.3 Å². The van der Waals surface area contributed by atoms with Crippen LogP contribution in [-0.4, -0.2) is 52.8 Å². The molecule has 0 unspecified atom stereocenters. The third-order valence-corrected chi connectivity index (χ3v) is 9.11. The van der Waals surface area contributed by atoms with Crippen LogP contribution < -0.4 is 14.8 Å². The summed E-state index contributed by atoms with van der Waals surface area (Å²) in [6.45, 7) is 2.22. The number of nitrogens with one attached hydrogen (secondary N) is 1. The lowest BCUT2D eigenvalue weighted by Crippen LogP contribution is -2.26. The van der Waals surface area contributed by atoms with Crippen molar-refractivity contribution >= 4 is 34.7 Å². The van der Waals surface area contributed by atoms with Crippen LogP contribution in [0.4, 0.5) is 19.1 Å². The maximum Gasteiger partial charge on any atom is 0.495 e. The van der Waals surface area contributed by atoms with E-state index in [4.69, 9.17) is 14.5 Å². The molecule has 2 aromatic carbocycles. The Morgan fingerprint density at radius 1 is 0.961 bits per heavy atom. The monoisotopic (exact) mass is 710 g/mol. The van der Waals surface area contributed by atoms with Gasteiger partial charge in [0, 0.05) is 29.2 Å². The van der Waals surface area contributed by atoms with Crippen LogP contribution in [0.15, 0.2) is 48.7 Å². The number of anilines is 1. The number of nitrogens with zero attached hydrogens (tertiary/aromatic N) is 3. The van der Waals surface area contributed by atoms with Crippen molar-refractivity contribution in [1.29, 1.82) is 0 Å². The van der Waals surface area contributed by atoms with Gasteiger partial charge >= 0.3 is 18.1 Å². The van der Waals surface area contributed by atoms with E-state index in [1.54, 1.807) is 31.0 Å². The smallest absolute Gasteiger partial charge is 0.495 e. The van der Waals surface area contributed by atoms with Crippen LogP contribution in [0.5, 0.6) is 11.5 Å². The number of alkyl halides is 3. The minimum Gasteiger partial charge on any atom is -0.496 e. The minimum absolute atomic E-state index is 0.103. The van der Waals surface area contributed by atoms with Crippen molar-refractivity contribution in [2.45, 2.75) is 83.9 Å². The number of carbonyl (C=O) groups is 3. The zero-order valence-corrected chi connectivity index (χ0v) is 28.8. The summed E-state index contributed by atoms with van der Waals surface area (Å²) in [5, 5.41) is 3.66. The number of unbranched alkanes of at least 4 members (excludes halogenated alkanes) is 1. The Hall–Kier alpha value is -5.14. The van der Waals surface area contributed by atoms with Gasteiger partial charge in [0.25, 0.3) is 5.91 Å². The Morgan fingerprint density at radius 3 is 2.43 bits per heavy atom. The summed E-state index contributed by atoms with van der Waals surface area (Å²) in [4.78, 5) is 53.4. The molecule has 1 saturated carbocycles. The molecule has 4 aromatic rings. The van der Waals surface area contributed by atoms with Gasteiger partial charge in [-0.3, -0.25) is 10.1 Å². The first-order chi connectivity index (χ1) is 24.5. The molecule has 14 heteroatoms. The fourth-order valence-corrected chi connectivity index (χ4v) is 6.47. The van der Waals surface area contributed by atoms with Gasteiger partial charge in [0.05, 0.1) is 26.3 Å². The van der Waals surface area contributed by atoms with Gasteiger partial charge in [0.15, 0.2) is 0 Å². The Bertz CT molecular complexity index is 1870. The molecule has 0 atom stereocenters. The lowest BCUT2D eigenvalue weighted by atomic mass is 9.85. The van der Waals surface area contributed by atoms with Gasteiger partial charge < -0.3 is 14.0 Å². The normalized spacial score (nSPS) is 13.5. The molecule has 51 heavy (non-hydrogen) atoms. The van der Waals surface area contributed by atoms with Crippen LogP contribution in [0.3, 0.4) is 0 Å². The number of amides is 1. The average molecular weight is 711 g/mol. The minimum atomic E-state index is -5.28. The number of aryl methyl sites for hydroxylation is 3. The van der Waals surface area contributed by atoms with Crippen molar-refractivity contribution in [2.24, 2.45) is 5.92 Å². The number of carbonyl (C=O) groups excluding carboxylic acids is 3. The van der Waals surface area contributed by atoms with E-state index in [1.165, 1.54) is 32.1 Å². The van der Waals surface area contributed by atoms with Gasteiger partial charge in [-0.05, 0) is 73.9 Å². The number of halogens is 3. The van der Waals surface area contributed by atoms with Crippen LogP contribution in [-0.2, 0) is 32.3 Å². The molecule has 0 aliphatic heterocycles. The molecule has 1 fully saturated rings. The molecule has 1 aliphatic carbocycles. The Kier molecular flexibility index (Phi) is 12.2. The van der Waals surface area contributed by atoms with Crippen LogP contribution in [0, 0.1) is 12.8 Å². The quantitative estimate of drug-likeness (QED) is 0.0835. The number of para-hydroxylation sites is 1. The number of fused-ring (bicyclic) bond motifs is 1. The van der Waals surface area contributed by atoms with Crippen molar-refractivity contribution < 1.29 is 46.8 Å². The third-order valence-electron chi connectivity index (χ3n) is 9.11. The predicted molar refractivity (Wildman–Crippen MR) is 182 cm³/mol. The van der Waals surface area contributed by atoms with Crippen molar-refractivity contribution in [3.05, 3.63) is 65.5 Å². The van der Waals surface area contributed by atoms with Gasteiger partial charge in [-0.25, -0.2) is 29.3 Å². The van der Waals surface area contributed by atoms with Crippen molar-refractivity contribution in [2.75, 3.05) is 19.5 Å². The molecule has 0 bridgehead atoms. The second kappa shape index (κ2) is 16.7. The number of hydrogen-bond acceptors (Lipinski definition) is 9. The Balaban J connectivity index is 1.36. The van der Waals surface area contributed by atoms with E-state index in [-0.39, 0.29) is 18.8 Å². The average Bonchev–Trinajstić information content (AvgIpc) is 3.50. The first kappa shape index (κ1) is 37.1. The topological polar surface area (TPSA) is 131 Å². The van der Waals surface area contributed by atoms with Crippen molar-refractivity contribution in [3.63, 3.8) is 0 Å². The highest BCUT2D eigenvalue weighted by Crippen LogP contribution is 2.38. The molecule has 2 heterocycles. The van der Waals surface area contributed by atoms with Crippen LogP contribution >= 0.6 is 0 Å². The fourth-order valence-electron chi connectivity index (χ4n) is 6.47. The number of ether oxygens (including phenoxy) is 2. The molecule has 2 aromatic heterocycles. The van der Waals surface area contributed by atoms with Crippen LogP contribution in [0.1, 0.15) is 79.4 Å². The lowest BCUT2D eigenvalue weighted by molar-refractivity contribution is -0.285. The third kappa shape index (κ3) is 9.35. The number of aromatic nitrogens is 3. The maximum absolute atomic E-state index is 13.8. The summed E-state index contributed by atoms with van der Waals surface area (Å²) >= 11 is 0. The molecule has 1 amide bonds. The highest BCUT2D eigenvalue weighted by Gasteiger charge is 2.43. The molecular weight excluding hydrogens is 669 g/mol. The summed E-state index contributed by atoms with van der Waals surface area (Å²) in [7, 11) is 3.20. The van der Waals surface area contributed by atoms with Crippen LogP contribution in [0.2, 0.25) is 0 Å².